The maximum atomic E-state index is 10.3. The van der Waals surface area contributed by atoms with Gasteiger partial charge in [0, 0.05) is 6.42 Å². The molecule has 0 aliphatic carbocycles. The van der Waals surface area contributed by atoms with E-state index in [1.54, 1.807) is 0 Å². The molecule has 18 heavy (non-hydrogen) atoms. The van der Waals surface area contributed by atoms with Crippen LogP contribution in [-0.4, -0.2) is 24.2 Å². The topological polar surface area (TPSA) is 49.3 Å². The minimum absolute atomic E-state index is 0.300. The fourth-order valence-electron chi connectivity index (χ4n) is 1.89. The molecule has 0 aromatic heterocycles. The molecule has 3 heteroatoms. The zero-order chi connectivity index (χ0) is 13.1. The van der Waals surface area contributed by atoms with Gasteiger partial charge in [-0.15, -0.1) is 0 Å². The van der Waals surface area contributed by atoms with Gasteiger partial charge in [-0.25, -0.2) is 0 Å². The first-order valence-corrected chi connectivity index (χ1v) is 6.75. The molecule has 100 valence electrons. The zero-order valence-electron chi connectivity index (χ0n) is 10.9. The third-order valence-corrected chi connectivity index (χ3v) is 2.91. The molecule has 0 saturated carbocycles. The molecule has 0 bridgehead atoms. The Morgan fingerprint density at radius 3 is 2.44 bits per heavy atom. The fourth-order valence-corrected chi connectivity index (χ4v) is 1.89. The van der Waals surface area contributed by atoms with Gasteiger partial charge in [0.15, 0.2) is 0 Å². The van der Waals surface area contributed by atoms with Crippen molar-refractivity contribution in [2.24, 2.45) is 0 Å². The van der Waals surface area contributed by atoms with Crippen molar-refractivity contribution < 1.29 is 9.90 Å². The quantitative estimate of drug-likeness (QED) is 0.627. The number of hydrogen-bond acceptors (Lipinski definition) is 2. The molecule has 0 radical (unpaired) electrons. The largest absolute Gasteiger partial charge is 0.481 e. The second-order valence-corrected chi connectivity index (χ2v) is 4.54. The Morgan fingerprint density at radius 1 is 1.00 bits per heavy atom. The Balaban J connectivity index is 1.86. The number of nitrogens with one attached hydrogen (secondary N) is 1. The second-order valence-electron chi connectivity index (χ2n) is 4.54. The van der Waals surface area contributed by atoms with E-state index in [2.05, 4.69) is 29.6 Å². The average molecular weight is 249 g/mol. The molecule has 0 amide bonds. The Hall–Kier alpha value is -1.35. The first-order valence-electron chi connectivity index (χ1n) is 6.75. The molecule has 0 heterocycles. The molecule has 2 N–H and O–H groups in total. The lowest BCUT2D eigenvalue weighted by atomic mass is 10.1. The highest BCUT2D eigenvalue weighted by Gasteiger charge is 1.96. The van der Waals surface area contributed by atoms with E-state index in [1.807, 2.05) is 6.07 Å². The summed E-state index contributed by atoms with van der Waals surface area (Å²) in [5.41, 5.74) is 1.39. The Labute approximate surface area is 109 Å². The molecule has 0 aliphatic rings. The summed E-state index contributed by atoms with van der Waals surface area (Å²) in [5.74, 6) is -0.689. The molecule has 0 aliphatic heterocycles. The molecule has 0 atom stereocenters. The van der Waals surface area contributed by atoms with Crippen molar-refractivity contribution in [3.05, 3.63) is 35.9 Å². The summed E-state index contributed by atoms with van der Waals surface area (Å²) in [6.45, 7) is 2.03. The molecule has 3 nitrogen and oxygen atoms in total. The minimum atomic E-state index is -0.689. The first-order chi connectivity index (χ1) is 8.79. The lowest BCUT2D eigenvalue weighted by Gasteiger charge is -2.04. The molecule has 0 saturated heterocycles. The SMILES string of the molecule is O=C(O)CCCCCNCCCc1ccccc1. The van der Waals surface area contributed by atoms with Gasteiger partial charge in [-0.1, -0.05) is 36.8 Å². The molecular weight excluding hydrogens is 226 g/mol. The van der Waals surface area contributed by atoms with Gasteiger partial charge in [-0.3, -0.25) is 4.79 Å². The van der Waals surface area contributed by atoms with Crippen molar-refractivity contribution >= 4 is 5.97 Å². The number of aliphatic carboxylic acids is 1. The van der Waals surface area contributed by atoms with Crippen molar-refractivity contribution in [2.45, 2.75) is 38.5 Å². The van der Waals surface area contributed by atoms with Crippen LogP contribution in [0.15, 0.2) is 30.3 Å². The molecule has 0 fully saturated rings. The molecule has 0 spiro atoms. The van der Waals surface area contributed by atoms with E-state index in [9.17, 15) is 4.79 Å². The number of rotatable bonds is 10. The van der Waals surface area contributed by atoms with E-state index in [1.165, 1.54) is 5.56 Å². The van der Waals surface area contributed by atoms with Gasteiger partial charge in [0.25, 0.3) is 0 Å². The molecule has 1 aromatic rings. The molecular formula is C15H23NO2. The van der Waals surface area contributed by atoms with Crippen LogP contribution in [0.5, 0.6) is 0 Å². The molecule has 1 aromatic carbocycles. The standard InChI is InChI=1S/C15H23NO2/c17-15(18)11-5-2-6-12-16-13-7-10-14-8-3-1-4-9-14/h1,3-4,8-9,16H,2,5-7,10-13H2,(H,17,18). The maximum absolute atomic E-state index is 10.3. The number of benzene rings is 1. The van der Waals surface area contributed by atoms with Crippen LogP contribution in [0.3, 0.4) is 0 Å². The molecule has 0 unspecified atom stereocenters. The Kier molecular flexibility index (Phi) is 7.89. The predicted molar refractivity (Wildman–Crippen MR) is 73.7 cm³/mol. The third-order valence-electron chi connectivity index (χ3n) is 2.91. The van der Waals surface area contributed by atoms with Crippen LogP contribution in [0, 0.1) is 0 Å². The number of carboxylic acid groups (broad SMARTS) is 1. The monoisotopic (exact) mass is 249 g/mol. The third kappa shape index (κ3) is 7.85. The highest BCUT2D eigenvalue weighted by Crippen LogP contribution is 2.02. The smallest absolute Gasteiger partial charge is 0.303 e. The Bertz CT molecular complexity index is 325. The van der Waals surface area contributed by atoms with Crippen molar-refractivity contribution in [3.8, 4) is 0 Å². The van der Waals surface area contributed by atoms with E-state index in [0.717, 1.165) is 45.2 Å². The summed E-state index contributed by atoms with van der Waals surface area (Å²) in [6, 6.07) is 10.5. The summed E-state index contributed by atoms with van der Waals surface area (Å²) in [7, 11) is 0. The number of hydrogen-bond donors (Lipinski definition) is 2. The number of unbranched alkanes of at least 4 members (excludes halogenated alkanes) is 2. The normalized spacial score (nSPS) is 10.4. The van der Waals surface area contributed by atoms with Gasteiger partial charge in [0.1, 0.15) is 0 Å². The lowest BCUT2D eigenvalue weighted by molar-refractivity contribution is -0.137. The fraction of sp³-hybridized carbons (Fsp3) is 0.533. The van der Waals surface area contributed by atoms with Crippen LogP contribution in [-0.2, 0) is 11.2 Å². The first kappa shape index (κ1) is 14.7. The Morgan fingerprint density at radius 2 is 1.72 bits per heavy atom. The van der Waals surface area contributed by atoms with Crippen LogP contribution >= 0.6 is 0 Å². The van der Waals surface area contributed by atoms with E-state index in [-0.39, 0.29) is 0 Å². The van der Waals surface area contributed by atoms with Crippen LogP contribution < -0.4 is 5.32 Å². The van der Waals surface area contributed by atoms with Crippen LogP contribution in [0.1, 0.15) is 37.7 Å². The van der Waals surface area contributed by atoms with Crippen molar-refractivity contribution in [1.29, 1.82) is 0 Å². The number of carboxylic acids is 1. The van der Waals surface area contributed by atoms with E-state index >= 15 is 0 Å². The minimum Gasteiger partial charge on any atom is -0.481 e. The predicted octanol–water partition coefficient (Wildman–Crippen LogP) is 2.85. The summed E-state index contributed by atoms with van der Waals surface area (Å²) in [4.78, 5) is 10.3. The van der Waals surface area contributed by atoms with Crippen LogP contribution in [0.4, 0.5) is 0 Å². The maximum Gasteiger partial charge on any atom is 0.303 e. The zero-order valence-corrected chi connectivity index (χ0v) is 10.9. The highest BCUT2D eigenvalue weighted by atomic mass is 16.4. The van der Waals surface area contributed by atoms with E-state index in [4.69, 9.17) is 5.11 Å². The van der Waals surface area contributed by atoms with Crippen molar-refractivity contribution in [3.63, 3.8) is 0 Å². The van der Waals surface area contributed by atoms with Gasteiger partial charge in [0.2, 0.25) is 0 Å². The van der Waals surface area contributed by atoms with E-state index < -0.39 is 5.97 Å². The van der Waals surface area contributed by atoms with Crippen LogP contribution in [0.25, 0.3) is 0 Å². The summed E-state index contributed by atoms with van der Waals surface area (Å²) in [5, 5.41) is 11.9. The van der Waals surface area contributed by atoms with Crippen molar-refractivity contribution in [2.75, 3.05) is 13.1 Å². The summed E-state index contributed by atoms with van der Waals surface area (Å²) < 4.78 is 0. The lowest BCUT2D eigenvalue weighted by Crippen LogP contribution is -2.17. The van der Waals surface area contributed by atoms with E-state index in [0.29, 0.717) is 6.42 Å². The highest BCUT2D eigenvalue weighted by molar-refractivity contribution is 5.66. The number of carbonyl (C=O) groups is 1. The van der Waals surface area contributed by atoms with Crippen LogP contribution in [0.2, 0.25) is 0 Å². The second kappa shape index (κ2) is 9.66. The van der Waals surface area contributed by atoms with Gasteiger partial charge in [-0.2, -0.15) is 0 Å². The van der Waals surface area contributed by atoms with Gasteiger partial charge in [0.05, 0.1) is 0 Å². The summed E-state index contributed by atoms with van der Waals surface area (Å²) in [6.07, 6.45) is 5.43. The van der Waals surface area contributed by atoms with Gasteiger partial charge in [-0.05, 0) is 44.3 Å². The van der Waals surface area contributed by atoms with Gasteiger partial charge < -0.3 is 10.4 Å². The summed E-state index contributed by atoms with van der Waals surface area (Å²) >= 11 is 0. The number of aryl methyl sites for hydroxylation is 1. The molecule has 1 rings (SSSR count). The van der Waals surface area contributed by atoms with Crippen molar-refractivity contribution in [1.82, 2.24) is 5.32 Å². The van der Waals surface area contributed by atoms with Gasteiger partial charge >= 0.3 is 5.97 Å². The average Bonchev–Trinajstić information content (AvgIpc) is 2.37.